The van der Waals surface area contributed by atoms with Gasteiger partial charge in [0.2, 0.25) is 0 Å². The van der Waals surface area contributed by atoms with Gasteiger partial charge in [-0.15, -0.1) is 0 Å². The van der Waals surface area contributed by atoms with Gasteiger partial charge in [0.25, 0.3) is 0 Å². The molecule has 4 nitrogen and oxygen atoms in total. The number of aryl methyl sites for hydroxylation is 1. The van der Waals surface area contributed by atoms with Gasteiger partial charge < -0.3 is 10.0 Å². The summed E-state index contributed by atoms with van der Waals surface area (Å²) in [7, 11) is 0. The summed E-state index contributed by atoms with van der Waals surface area (Å²) in [6.07, 6.45) is 2.59. The fourth-order valence-electron chi connectivity index (χ4n) is 3.61. The summed E-state index contributed by atoms with van der Waals surface area (Å²) >= 11 is 0. The quantitative estimate of drug-likeness (QED) is 0.899. The monoisotopic (exact) mass is 274 g/mol. The summed E-state index contributed by atoms with van der Waals surface area (Å²) in [5.74, 6) is -0.845. The molecule has 0 aliphatic carbocycles. The molecule has 1 N–H and O–H groups in total. The number of carboxylic acid groups (broad SMARTS) is 1. The van der Waals surface area contributed by atoms with Crippen LogP contribution in [0.3, 0.4) is 0 Å². The number of hydrogen-bond acceptors (Lipinski definition) is 3. The van der Waals surface area contributed by atoms with Crippen LogP contribution in [-0.4, -0.2) is 47.7 Å². The number of aromatic carboxylic acids is 1. The first-order valence-electron chi connectivity index (χ1n) is 7.41. The van der Waals surface area contributed by atoms with Crippen LogP contribution in [0.2, 0.25) is 0 Å². The molecule has 4 heteroatoms. The van der Waals surface area contributed by atoms with Crippen LogP contribution in [0.25, 0.3) is 0 Å². The Hall–Kier alpha value is -1.55. The number of carboxylic acids is 1. The molecule has 2 fully saturated rings. The van der Waals surface area contributed by atoms with Crippen LogP contribution in [-0.2, 0) is 0 Å². The third-order valence-corrected chi connectivity index (χ3v) is 4.71. The molecule has 1 aromatic carbocycles. The largest absolute Gasteiger partial charge is 0.478 e. The summed E-state index contributed by atoms with van der Waals surface area (Å²) in [5, 5.41) is 9.12. The lowest BCUT2D eigenvalue weighted by Crippen LogP contribution is -2.55. The summed E-state index contributed by atoms with van der Waals surface area (Å²) in [6, 6.07) is 6.87. The Balaban J connectivity index is 1.85. The third-order valence-electron chi connectivity index (χ3n) is 4.71. The van der Waals surface area contributed by atoms with E-state index in [0.717, 1.165) is 24.3 Å². The van der Waals surface area contributed by atoms with Crippen molar-refractivity contribution in [2.45, 2.75) is 38.8 Å². The molecule has 2 atom stereocenters. The van der Waals surface area contributed by atoms with Crippen molar-refractivity contribution in [3.63, 3.8) is 0 Å². The lowest BCUT2D eigenvalue weighted by atomic mass is 10.0. The highest BCUT2D eigenvalue weighted by molar-refractivity contribution is 5.89. The molecule has 0 saturated carbocycles. The second-order valence-corrected chi connectivity index (χ2v) is 6.10. The van der Waals surface area contributed by atoms with Crippen molar-refractivity contribution in [2.24, 2.45) is 0 Å². The van der Waals surface area contributed by atoms with E-state index in [1.165, 1.54) is 19.4 Å². The van der Waals surface area contributed by atoms with Crippen LogP contribution in [0.5, 0.6) is 0 Å². The molecule has 108 valence electrons. The smallest absolute Gasteiger partial charge is 0.335 e. The number of rotatable bonds is 2. The van der Waals surface area contributed by atoms with E-state index in [9.17, 15) is 4.79 Å². The lowest BCUT2D eigenvalue weighted by molar-refractivity contribution is 0.0696. The maximum Gasteiger partial charge on any atom is 0.335 e. The maximum atomic E-state index is 11.1. The average molecular weight is 274 g/mol. The van der Waals surface area contributed by atoms with Crippen LogP contribution in [0.15, 0.2) is 18.2 Å². The molecule has 0 aromatic heterocycles. The zero-order valence-corrected chi connectivity index (χ0v) is 12.2. The van der Waals surface area contributed by atoms with Crippen molar-refractivity contribution < 1.29 is 9.90 Å². The van der Waals surface area contributed by atoms with Gasteiger partial charge in [-0.3, -0.25) is 4.90 Å². The van der Waals surface area contributed by atoms with Crippen LogP contribution < -0.4 is 4.90 Å². The molecule has 2 aliphatic rings. The van der Waals surface area contributed by atoms with Crippen molar-refractivity contribution in [3.05, 3.63) is 29.3 Å². The Kier molecular flexibility index (Phi) is 3.42. The van der Waals surface area contributed by atoms with E-state index in [1.807, 2.05) is 19.1 Å². The zero-order valence-electron chi connectivity index (χ0n) is 12.2. The fraction of sp³-hybridized carbons (Fsp3) is 0.562. The normalized spacial score (nSPS) is 26.6. The molecule has 2 unspecified atom stereocenters. The maximum absolute atomic E-state index is 11.1. The van der Waals surface area contributed by atoms with Gasteiger partial charge in [-0.25, -0.2) is 4.79 Å². The van der Waals surface area contributed by atoms with E-state index >= 15 is 0 Å². The number of carbonyl (C=O) groups is 1. The van der Waals surface area contributed by atoms with Crippen molar-refractivity contribution in [1.29, 1.82) is 0 Å². The molecule has 1 aromatic rings. The standard InChI is InChI=1S/C16H22N2O2/c1-11-8-13(5-6-15(11)16(19)20)18-10-14-4-3-7-17(14)9-12(18)2/h5-6,8,12,14H,3-4,7,9-10H2,1-2H3,(H,19,20). The highest BCUT2D eigenvalue weighted by Gasteiger charge is 2.34. The number of nitrogens with zero attached hydrogens (tertiary/aromatic N) is 2. The Morgan fingerprint density at radius 1 is 1.35 bits per heavy atom. The molecule has 2 heterocycles. The van der Waals surface area contributed by atoms with Crippen molar-refractivity contribution in [3.8, 4) is 0 Å². The first-order chi connectivity index (χ1) is 9.56. The van der Waals surface area contributed by atoms with Gasteiger partial charge in [0, 0.05) is 30.9 Å². The second kappa shape index (κ2) is 5.09. The molecular weight excluding hydrogens is 252 g/mol. The van der Waals surface area contributed by atoms with Gasteiger partial charge in [0.05, 0.1) is 5.56 Å². The highest BCUT2D eigenvalue weighted by atomic mass is 16.4. The predicted octanol–water partition coefficient (Wildman–Crippen LogP) is 2.37. The number of fused-ring (bicyclic) bond motifs is 1. The summed E-state index contributed by atoms with van der Waals surface area (Å²) in [4.78, 5) is 16.1. The molecule has 20 heavy (non-hydrogen) atoms. The first kappa shape index (κ1) is 13.4. The minimum atomic E-state index is -0.845. The van der Waals surface area contributed by atoms with Crippen LogP contribution in [0.1, 0.15) is 35.7 Å². The van der Waals surface area contributed by atoms with Crippen LogP contribution in [0.4, 0.5) is 5.69 Å². The Morgan fingerprint density at radius 2 is 2.15 bits per heavy atom. The van der Waals surface area contributed by atoms with E-state index < -0.39 is 5.97 Å². The SMILES string of the molecule is Cc1cc(N2CC3CCCN3CC2C)ccc1C(=O)O. The van der Waals surface area contributed by atoms with Crippen molar-refractivity contribution >= 4 is 11.7 Å². The fourth-order valence-corrected chi connectivity index (χ4v) is 3.61. The van der Waals surface area contributed by atoms with Crippen molar-refractivity contribution in [2.75, 3.05) is 24.5 Å². The minimum absolute atomic E-state index is 0.404. The number of piperazine rings is 1. The minimum Gasteiger partial charge on any atom is -0.478 e. The lowest BCUT2D eigenvalue weighted by Gasteiger charge is -2.43. The van der Waals surface area contributed by atoms with E-state index in [2.05, 4.69) is 16.7 Å². The van der Waals surface area contributed by atoms with Gasteiger partial charge in [-0.05, 0) is 57.0 Å². The Labute approximate surface area is 120 Å². The molecule has 2 aliphatic heterocycles. The summed E-state index contributed by atoms with van der Waals surface area (Å²) in [5.41, 5.74) is 2.41. The third kappa shape index (κ3) is 2.29. The van der Waals surface area contributed by atoms with Crippen LogP contribution in [0, 0.1) is 6.92 Å². The first-order valence-corrected chi connectivity index (χ1v) is 7.41. The molecule has 0 spiro atoms. The topological polar surface area (TPSA) is 43.8 Å². The molecular formula is C16H22N2O2. The Bertz CT molecular complexity index is 529. The molecule has 0 radical (unpaired) electrons. The number of benzene rings is 1. The molecule has 0 amide bonds. The van der Waals surface area contributed by atoms with Crippen LogP contribution >= 0.6 is 0 Å². The summed E-state index contributed by atoms with van der Waals surface area (Å²) < 4.78 is 0. The number of hydrogen-bond donors (Lipinski definition) is 1. The molecule has 2 saturated heterocycles. The van der Waals surface area contributed by atoms with Gasteiger partial charge in [0.1, 0.15) is 0 Å². The highest BCUT2D eigenvalue weighted by Crippen LogP contribution is 2.29. The van der Waals surface area contributed by atoms with E-state index in [-0.39, 0.29) is 0 Å². The second-order valence-electron chi connectivity index (χ2n) is 6.10. The number of anilines is 1. The van der Waals surface area contributed by atoms with Gasteiger partial charge >= 0.3 is 5.97 Å². The average Bonchev–Trinajstić information content (AvgIpc) is 2.84. The van der Waals surface area contributed by atoms with E-state index in [4.69, 9.17) is 5.11 Å². The Morgan fingerprint density at radius 3 is 2.85 bits per heavy atom. The van der Waals surface area contributed by atoms with E-state index in [0.29, 0.717) is 17.6 Å². The predicted molar refractivity (Wildman–Crippen MR) is 79.5 cm³/mol. The molecule has 0 bridgehead atoms. The van der Waals surface area contributed by atoms with Gasteiger partial charge in [-0.2, -0.15) is 0 Å². The van der Waals surface area contributed by atoms with Gasteiger partial charge in [0.15, 0.2) is 0 Å². The van der Waals surface area contributed by atoms with Crippen molar-refractivity contribution in [1.82, 2.24) is 4.90 Å². The molecule has 3 rings (SSSR count). The van der Waals surface area contributed by atoms with E-state index in [1.54, 1.807) is 6.07 Å². The van der Waals surface area contributed by atoms with Gasteiger partial charge in [-0.1, -0.05) is 0 Å². The summed E-state index contributed by atoms with van der Waals surface area (Å²) in [6.45, 7) is 7.55. The zero-order chi connectivity index (χ0) is 14.3.